The van der Waals surface area contributed by atoms with Gasteiger partial charge >= 0.3 is 5.97 Å². The summed E-state index contributed by atoms with van der Waals surface area (Å²) in [6.45, 7) is 0.804. The van der Waals surface area contributed by atoms with Crippen LogP contribution in [0, 0.1) is 5.41 Å². The molecule has 1 aliphatic rings. The number of hydrogen-bond donors (Lipinski definition) is 14. The number of rotatable bonds is 14. The summed E-state index contributed by atoms with van der Waals surface area (Å²) in [4.78, 5) is 132. The average molecular weight is 969 g/mol. The summed E-state index contributed by atoms with van der Waals surface area (Å²) in [7, 11) is 0. The van der Waals surface area contributed by atoms with Crippen molar-refractivity contribution in [1.82, 2.24) is 62.8 Å². The lowest BCUT2D eigenvalue weighted by atomic mass is 10.0. The van der Waals surface area contributed by atoms with Crippen LogP contribution in [0.5, 0.6) is 0 Å². The number of nitrogens with zero attached hydrogens (tertiary/aromatic N) is 1. The molecule has 6 atom stereocenters. The Labute approximate surface area is 402 Å². The van der Waals surface area contributed by atoms with Crippen LogP contribution in [0.4, 0.5) is 0 Å². The number of benzene rings is 2. The number of para-hydroxylation sites is 1. The molecule has 1 fully saturated rings. The lowest BCUT2D eigenvalue weighted by molar-refractivity contribution is -0.142. The van der Waals surface area contributed by atoms with Gasteiger partial charge in [-0.05, 0) is 49.3 Å². The molecule has 5 rings (SSSR count). The van der Waals surface area contributed by atoms with Gasteiger partial charge in [-0.3, -0.25) is 43.8 Å². The molecule has 2 aromatic carbocycles. The van der Waals surface area contributed by atoms with Gasteiger partial charge in [0.05, 0.1) is 18.6 Å². The molecule has 0 bridgehead atoms. The van der Waals surface area contributed by atoms with Crippen molar-refractivity contribution in [2.45, 2.75) is 101 Å². The molecular formula is C46H60N14O10. The van der Waals surface area contributed by atoms with E-state index < -0.39 is 96.0 Å². The Balaban J connectivity index is 1.53. The molecule has 4 unspecified atom stereocenters. The Hall–Kier alpha value is -8.31. The standard InChI is InChI=1S/C46H60N14O10/c1-26(61)52-24-39(63)55-32-13-7-17-50-38(62)16-15-34(45(69)70)57-43(67)36(20-28-22-53-31-12-6-5-11-30(28)31)59-41(65)33(14-8-18-51-46(47)48)56-42(66)35(19-27-9-3-2-4-10-27)58-44(68)37(60-40(32)64)21-29-23-49-25-54-29/h2-6,9-12,22-23,25,32-37,53H,7-8,13-21,24H2,1H3,(H,49,54)(H,50,62)(H,52,61)(H,55,63)(H,56,66)(H,57,67)(H,58,68)(H,59,65)(H,60,64)(H,69,70)(H4,47,48,51)/t32?,33?,34?,35?,36-,37-/m0/s1. The second kappa shape index (κ2) is 26.3. The van der Waals surface area contributed by atoms with Gasteiger partial charge in [0.25, 0.3) is 0 Å². The van der Waals surface area contributed by atoms with E-state index in [1.807, 2.05) is 12.1 Å². The molecule has 24 heteroatoms. The van der Waals surface area contributed by atoms with Gasteiger partial charge in [0.1, 0.15) is 36.3 Å². The molecule has 2 aromatic heterocycles. The van der Waals surface area contributed by atoms with Crippen LogP contribution in [0.15, 0.2) is 73.3 Å². The fourth-order valence-electron chi connectivity index (χ4n) is 7.64. The van der Waals surface area contributed by atoms with E-state index in [0.29, 0.717) is 16.8 Å². The van der Waals surface area contributed by atoms with Crippen LogP contribution in [0.1, 0.15) is 62.3 Å². The number of fused-ring (bicyclic) bond motifs is 1. The zero-order chi connectivity index (χ0) is 50.6. The maximum Gasteiger partial charge on any atom is 0.326 e. The van der Waals surface area contributed by atoms with Gasteiger partial charge in [-0.15, -0.1) is 0 Å². The van der Waals surface area contributed by atoms with Crippen LogP contribution in [-0.2, 0) is 62.4 Å². The summed E-state index contributed by atoms with van der Waals surface area (Å²) in [6.07, 6.45) is 3.50. The van der Waals surface area contributed by atoms with Crippen LogP contribution < -0.4 is 53.6 Å². The molecular weight excluding hydrogens is 909 g/mol. The molecule has 0 spiro atoms. The van der Waals surface area contributed by atoms with E-state index in [-0.39, 0.29) is 76.8 Å². The fourth-order valence-corrected chi connectivity index (χ4v) is 7.64. The quantitative estimate of drug-likeness (QED) is 0.0370. The van der Waals surface area contributed by atoms with E-state index >= 15 is 0 Å². The van der Waals surface area contributed by atoms with Crippen molar-refractivity contribution in [3.63, 3.8) is 0 Å². The Morgan fingerprint density at radius 1 is 0.771 bits per heavy atom. The van der Waals surface area contributed by atoms with Crippen molar-refractivity contribution >= 4 is 70.1 Å². The van der Waals surface area contributed by atoms with Crippen molar-refractivity contribution in [2.75, 3.05) is 19.6 Å². The molecule has 8 amide bonds. The lowest BCUT2D eigenvalue weighted by Crippen LogP contribution is -2.60. The number of guanidine groups is 1. The predicted molar refractivity (Wildman–Crippen MR) is 253 cm³/mol. The summed E-state index contributed by atoms with van der Waals surface area (Å²) >= 11 is 0. The Morgan fingerprint density at radius 3 is 2.10 bits per heavy atom. The average Bonchev–Trinajstić information content (AvgIpc) is 4.00. The normalized spacial score (nSPS) is 21.4. The van der Waals surface area contributed by atoms with E-state index in [2.05, 4.69) is 62.8 Å². The van der Waals surface area contributed by atoms with Gasteiger partial charge in [0.15, 0.2) is 5.96 Å². The topological polar surface area (TPSA) is 376 Å². The van der Waals surface area contributed by atoms with Crippen LogP contribution in [0.3, 0.4) is 0 Å². The number of imidazole rings is 1. The van der Waals surface area contributed by atoms with Crippen LogP contribution in [-0.4, -0.2) is 135 Å². The molecule has 1 saturated heterocycles. The maximum atomic E-state index is 14.6. The summed E-state index contributed by atoms with van der Waals surface area (Å²) < 4.78 is 0. The van der Waals surface area contributed by atoms with E-state index in [1.165, 1.54) is 19.4 Å². The Bertz CT molecular complexity index is 2480. The molecule has 70 heavy (non-hydrogen) atoms. The third-order valence-corrected chi connectivity index (χ3v) is 11.3. The first kappa shape index (κ1) is 52.7. The largest absolute Gasteiger partial charge is 0.480 e. The second-order valence-electron chi connectivity index (χ2n) is 16.7. The highest BCUT2D eigenvalue weighted by Gasteiger charge is 2.34. The molecule has 4 aromatic rings. The fraction of sp³-hybridized carbons (Fsp3) is 0.413. The Morgan fingerprint density at radius 2 is 1.41 bits per heavy atom. The van der Waals surface area contributed by atoms with Gasteiger partial charge in [-0.2, -0.15) is 0 Å². The predicted octanol–water partition coefficient (Wildman–Crippen LogP) is -2.00. The zero-order valence-electron chi connectivity index (χ0n) is 38.5. The monoisotopic (exact) mass is 968 g/mol. The number of aromatic nitrogens is 3. The van der Waals surface area contributed by atoms with Crippen molar-refractivity contribution in [1.29, 1.82) is 5.41 Å². The summed E-state index contributed by atoms with van der Waals surface area (Å²) in [5, 5.41) is 42.0. The number of carbonyl (C=O) groups excluding carboxylic acids is 8. The molecule has 0 saturated carbocycles. The molecule has 15 N–H and O–H groups in total. The van der Waals surface area contributed by atoms with Crippen LogP contribution in [0.2, 0.25) is 0 Å². The SMILES string of the molecule is CC(=O)NCC(=O)NC1CCCNC(=O)CCC(C(=O)O)NC(=O)[C@H](Cc2c[nH]c3ccccc23)NC(=O)C(CCCNC(=N)N)NC(=O)C(Cc2ccccc2)NC(=O)[C@H](Cc2c[nH]cn2)NC1=O. The van der Waals surface area contributed by atoms with E-state index in [4.69, 9.17) is 11.1 Å². The van der Waals surface area contributed by atoms with Crippen LogP contribution >= 0.6 is 0 Å². The number of aliphatic carboxylic acids is 1. The number of amides is 8. The molecule has 0 radical (unpaired) electrons. The molecule has 1 aliphatic heterocycles. The number of nitrogens with two attached hydrogens (primary N) is 1. The van der Waals surface area contributed by atoms with Crippen molar-refractivity contribution in [3.05, 3.63) is 90.1 Å². The third kappa shape index (κ3) is 16.8. The summed E-state index contributed by atoms with van der Waals surface area (Å²) in [5.41, 5.74) is 7.79. The molecule has 0 aliphatic carbocycles. The first-order chi connectivity index (χ1) is 33.6. The highest BCUT2D eigenvalue weighted by molar-refractivity contribution is 5.97. The summed E-state index contributed by atoms with van der Waals surface area (Å²) in [5.74, 6) is -7.84. The Kier molecular flexibility index (Phi) is 19.8. The minimum Gasteiger partial charge on any atom is -0.480 e. The minimum atomic E-state index is -1.58. The van der Waals surface area contributed by atoms with Crippen molar-refractivity contribution < 1.29 is 48.3 Å². The third-order valence-electron chi connectivity index (χ3n) is 11.3. The van der Waals surface area contributed by atoms with Crippen molar-refractivity contribution in [2.24, 2.45) is 5.73 Å². The smallest absolute Gasteiger partial charge is 0.326 e. The lowest BCUT2D eigenvalue weighted by Gasteiger charge is -2.27. The van der Waals surface area contributed by atoms with Crippen molar-refractivity contribution in [3.8, 4) is 0 Å². The number of carbonyl (C=O) groups is 9. The maximum absolute atomic E-state index is 14.6. The second-order valence-corrected chi connectivity index (χ2v) is 16.7. The zero-order valence-corrected chi connectivity index (χ0v) is 38.5. The number of carboxylic acid groups (broad SMARTS) is 1. The van der Waals surface area contributed by atoms with Gasteiger partial charge in [0.2, 0.25) is 47.3 Å². The van der Waals surface area contributed by atoms with Gasteiger partial charge in [-0.1, -0.05) is 48.5 Å². The molecule has 24 nitrogen and oxygen atoms in total. The van der Waals surface area contributed by atoms with E-state index in [9.17, 15) is 48.3 Å². The number of carboxylic acids is 1. The number of nitrogens with one attached hydrogen (secondary N) is 12. The number of aromatic amines is 2. The van der Waals surface area contributed by atoms with E-state index in [0.717, 1.165) is 10.9 Å². The highest BCUT2D eigenvalue weighted by Crippen LogP contribution is 2.20. The van der Waals surface area contributed by atoms with Crippen LogP contribution in [0.25, 0.3) is 10.9 Å². The summed E-state index contributed by atoms with van der Waals surface area (Å²) in [6, 6.07) is 7.37. The molecule has 3 heterocycles. The first-order valence-corrected chi connectivity index (χ1v) is 22.8. The van der Waals surface area contributed by atoms with Gasteiger partial charge < -0.3 is 68.7 Å². The van der Waals surface area contributed by atoms with Gasteiger partial charge in [0, 0.05) is 69.0 Å². The number of H-pyrrole nitrogens is 2. The number of hydrogen-bond acceptors (Lipinski definition) is 11. The van der Waals surface area contributed by atoms with Gasteiger partial charge in [-0.25, -0.2) is 9.78 Å². The minimum absolute atomic E-state index is 0.0353. The molecule has 374 valence electrons. The van der Waals surface area contributed by atoms with E-state index in [1.54, 1.807) is 48.7 Å². The first-order valence-electron chi connectivity index (χ1n) is 22.8. The highest BCUT2D eigenvalue weighted by atomic mass is 16.4.